The number of benzene rings is 1. The first kappa shape index (κ1) is 57.3. The molecule has 2 aromatic heterocycles. The summed E-state index contributed by atoms with van der Waals surface area (Å²) >= 11 is 0. The van der Waals surface area contributed by atoms with Crippen molar-refractivity contribution in [3.8, 4) is 0 Å². The Bertz CT molecular complexity index is 1860. The third-order valence-electron chi connectivity index (χ3n) is 12.7. The van der Waals surface area contributed by atoms with Crippen LogP contribution in [0.5, 0.6) is 0 Å². The molecule has 2 saturated carbocycles. The maximum absolute atomic E-state index is 13.2. The van der Waals surface area contributed by atoms with Crippen molar-refractivity contribution >= 4 is 41.9 Å². The lowest BCUT2D eigenvalue weighted by Gasteiger charge is -2.39. The Morgan fingerprint density at radius 1 is 0.897 bits per heavy atom. The fourth-order valence-corrected chi connectivity index (χ4v) is 8.42. The molecule has 19 heteroatoms. The number of halogens is 3. The Morgan fingerprint density at radius 2 is 1.54 bits per heavy atom. The number of ether oxygens (including phenoxy) is 2. The summed E-state index contributed by atoms with van der Waals surface area (Å²) in [6, 6.07) is 8.76. The van der Waals surface area contributed by atoms with Gasteiger partial charge in [0.15, 0.2) is 0 Å². The van der Waals surface area contributed by atoms with E-state index in [1.54, 1.807) is 18.1 Å². The third kappa shape index (κ3) is 19.9. The quantitative estimate of drug-likeness (QED) is 0.0683. The van der Waals surface area contributed by atoms with Crippen molar-refractivity contribution in [1.82, 2.24) is 40.3 Å². The summed E-state index contributed by atoms with van der Waals surface area (Å²) in [5.41, 5.74) is 6.45. The van der Waals surface area contributed by atoms with Crippen molar-refractivity contribution in [1.29, 1.82) is 0 Å². The largest absolute Gasteiger partial charge is 0.416 e. The van der Waals surface area contributed by atoms with Crippen LogP contribution in [-0.2, 0) is 34.8 Å². The molecule has 1 aliphatic heterocycles. The topological polar surface area (TPSA) is 197 Å². The van der Waals surface area contributed by atoms with E-state index in [2.05, 4.69) is 70.5 Å². The van der Waals surface area contributed by atoms with Crippen LogP contribution in [0.2, 0.25) is 0 Å². The average molecular weight is 959 g/mol. The van der Waals surface area contributed by atoms with Crippen LogP contribution < -0.4 is 21.7 Å². The van der Waals surface area contributed by atoms with Gasteiger partial charge < -0.3 is 45.9 Å². The van der Waals surface area contributed by atoms with Crippen molar-refractivity contribution in [3.63, 3.8) is 0 Å². The number of nitrogens with two attached hydrogens (primary N) is 1. The van der Waals surface area contributed by atoms with E-state index in [1.807, 2.05) is 23.2 Å². The van der Waals surface area contributed by atoms with Crippen molar-refractivity contribution in [3.05, 3.63) is 60.2 Å². The summed E-state index contributed by atoms with van der Waals surface area (Å²) in [5, 5.41) is 8.32. The van der Waals surface area contributed by atoms with E-state index in [0.717, 1.165) is 68.5 Å². The first-order chi connectivity index (χ1) is 32.6. The molecule has 5 N–H and O–H groups in total. The fraction of sp³-hybridized carbons (Fsp3) is 0.653. The van der Waals surface area contributed by atoms with E-state index < -0.39 is 17.8 Å². The van der Waals surface area contributed by atoms with Crippen LogP contribution in [0.4, 0.5) is 19.0 Å². The van der Waals surface area contributed by atoms with Crippen LogP contribution in [0.15, 0.2) is 49.1 Å². The van der Waals surface area contributed by atoms with Crippen LogP contribution in [-0.4, -0.2) is 145 Å². The summed E-state index contributed by atoms with van der Waals surface area (Å²) in [6.07, 6.45) is 14.5. The monoisotopic (exact) mass is 959 g/mol. The molecule has 68 heavy (non-hydrogen) atoms. The van der Waals surface area contributed by atoms with E-state index in [0.29, 0.717) is 88.9 Å². The molecule has 2 unspecified atom stereocenters. The molecular weight excluding hydrogens is 882 g/mol. The number of rotatable bonds is 21. The van der Waals surface area contributed by atoms with Gasteiger partial charge in [-0.1, -0.05) is 26.3 Å². The second-order valence-electron chi connectivity index (χ2n) is 17.9. The molecular formula is C49H77F3N10O6. The number of nitrogens with zero attached hydrogens (tertiary/aromatic N) is 6. The van der Waals surface area contributed by atoms with E-state index in [4.69, 9.17) is 15.2 Å². The molecule has 6 rings (SSSR count). The molecule has 1 saturated heterocycles. The fourth-order valence-electron chi connectivity index (χ4n) is 8.42. The molecule has 380 valence electrons. The Morgan fingerprint density at radius 3 is 2.07 bits per heavy atom. The summed E-state index contributed by atoms with van der Waals surface area (Å²) in [5.74, 6) is 1.21. The van der Waals surface area contributed by atoms with Crippen molar-refractivity contribution in [2.75, 3.05) is 65.5 Å². The molecule has 1 aromatic carbocycles. The first-order valence-corrected chi connectivity index (χ1v) is 24.1. The van der Waals surface area contributed by atoms with Gasteiger partial charge in [-0.25, -0.2) is 9.97 Å². The van der Waals surface area contributed by atoms with Gasteiger partial charge in [0.2, 0.25) is 25.1 Å². The molecule has 2 atom stereocenters. The molecule has 3 aromatic rings. The Kier molecular flexibility index (Phi) is 26.3. The maximum Gasteiger partial charge on any atom is 0.416 e. The predicted octanol–water partition coefficient (Wildman–Crippen LogP) is 6.36. The van der Waals surface area contributed by atoms with Crippen LogP contribution in [0.25, 0.3) is 10.9 Å². The standard InChI is InChI=1S/C23H30F3N5O.C11H16N2O.C8H16N2O4.C7H15N/c1-14(2)30(3)16-5-7-17(8-6-16)31-11-10-20(22(31)32)29-21-18-12-15(23(24,25)26)4-9-19(18)27-13-28-21;1-3-5-11(13(2)9-14)10-6-4-7-12-8-10;11-7-9-1-3-13-5-6-14-4-2-10-8-12;1-6-2-4-7(8)5-3-6/h4,9,12-14,16-17,20H,5-8,10-11H2,1-3H3,(H,27,28,29);4,6-9,11H,3,5H2,1-2H3;7-8H,1-6H2,(H,9,11)(H,10,12);6-7H,2-5,8H2,1H3. The van der Waals surface area contributed by atoms with E-state index in [9.17, 15) is 32.3 Å². The van der Waals surface area contributed by atoms with Gasteiger partial charge in [0.1, 0.15) is 18.2 Å². The van der Waals surface area contributed by atoms with Crippen molar-refractivity contribution < 1.29 is 41.8 Å². The summed E-state index contributed by atoms with van der Waals surface area (Å²) in [4.78, 5) is 61.8. The SMILES string of the molecule is CC(C)N(C)C1CCC(N2CCC(Nc3ncnc4ccc(C(F)(F)F)cc34)C2=O)CC1.CC1CCC(N)CC1.CCCC(c1cccnc1)N(C)C=O.O=CNCCOCCOCCNC=O. The number of pyridine rings is 1. The van der Waals surface area contributed by atoms with E-state index >= 15 is 0 Å². The Labute approximate surface area is 401 Å². The highest BCUT2D eigenvalue weighted by molar-refractivity contribution is 5.93. The molecule has 0 bridgehead atoms. The second-order valence-corrected chi connectivity index (χ2v) is 17.9. The number of alkyl halides is 3. The Hall–Kier alpha value is -4.98. The smallest absolute Gasteiger partial charge is 0.377 e. The minimum absolute atomic E-state index is 0.00408. The van der Waals surface area contributed by atoms with Gasteiger partial charge in [0.25, 0.3) is 0 Å². The zero-order valence-corrected chi connectivity index (χ0v) is 41.0. The number of anilines is 1. The van der Waals surface area contributed by atoms with Crippen molar-refractivity contribution in [2.24, 2.45) is 11.7 Å². The molecule has 16 nitrogen and oxygen atoms in total. The lowest BCUT2D eigenvalue weighted by molar-refractivity contribution is -0.137. The van der Waals surface area contributed by atoms with E-state index in [1.165, 1.54) is 38.1 Å². The number of carbonyl (C=O) groups excluding carboxylic acids is 4. The summed E-state index contributed by atoms with van der Waals surface area (Å²) < 4.78 is 49.7. The summed E-state index contributed by atoms with van der Waals surface area (Å²) in [7, 11) is 3.97. The predicted molar refractivity (Wildman–Crippen MR) is 258 cm³/mol. The highest BCUT2D eigenvalue weighted by Gasteiger charge is 2.39. The highest BCUT2D eigenvalue weighted by Crippen LogP contribution is 2.34. The lowest BCUT2D eigenvalue weighted by atomic mass is 9.88. The van der Waals surface area contributed by atoms with Gasteiger partial charge in [-0.3, -0.25) is 24.2 Å². The number of likely N-dealkylation sites (tertiary alicyclic amines) is 1. The molecule has 3 aliphatic rings. The number of hydrogen-bond donors (Lipinski definition) is 4. The maximum atomic E-state index is 13.2. The van der Waals surface area contributed by atoms with Gasteiger partial charge in [0, 0.05) is 68.6 Å². The minimum atomic E-state index is -4.45. The normalized spacial score (nSPS) is 20.7. The molecule has 2 aliphatic carbocycles. The van der Waals surface area contributed by atoms with Gasteiger partial charge in [-0.05, 0) is 121 Å². The zero-order chi connectivity index (χ0) is 49.9. The Balaban J connectivity index is 0.000000281. The minimum Gasteiger partial charge on any atom is -0.377 e. The van der Waals surface area contributed by atoms with Crippen LogP contribution >= 0.6 is 0 Å². The van der Waals surface area contributed by atoms with Gasteiger partial charge >= 0.3 is 6.18 Å². The summed E-state index contributed by atoms with van der Waals surface area (Å²) in [6.45, 7) is 12.4. The lowest BCUT2D eigenvalue weighted by Crippen LogP contribution is -2.46. The number of hydrogen-bond acceptors (Lipinski definition) is 12. The first-order valence-electron chi connectivity index (χ1n) is 24.1. The van der Waals surface area contributed by atoms with Gasteiger partial charge in [-0.2, -0.15) is 13.2 Å². The number of fused-ring (bicyclic) bond motifs is 1. The zero-order valence-electron chi connectivity index (χ0n) is 41.0. The van der Waals surface area contributed by atoms with Gasteiger partial charge in [-0.15, -0.1) is 0 Å². The average Bonchev–Trinajstić information content (AvgIpc) is 3.71. The number of amides is 4. The molecule has 3 fully saturated rings. The number of aromatic nitrogens is 3. The molecule has 3 heterocycles. The van der Waals surface area contributed by atoms with Crippen LogP contribution in [0.3, 0.4) is 0 Å². The number of nitrogens with one attached hydrogen (secondary N) is 3. The van der Waals surface area contributed by atoms with E-state index in [-0.39, 0.29) is 29.2 Å². The van der Waals surface area contributed by atoms with Crippen molar-refractivity contribution in [2.45, 2.75) is 141 Å². The van der Waals surface area contributed by atoms with Gasteiger partial charge in [0.05, 0.1) is 43.5 Å². The molecule has 0 radical (unpaired) electrons. The third-order valence-corrected chi connectivity index (χ3v) is 12.7. The highest BCUT2D eigenvalue weighted by atomic mass is 19.4. The van der Waals surface area contributed by atoms with Crippen LogP contribution in [0.1, 0.15) is 115 Å². The number of carbonyl (C=O) groups is 4. The van der Waals surface area contributed by atoms with Crippen LogP contribution in [0, 0.1) is 5.92 Å². The molecule has 0 spiro atoms. The molecule has 4 amide bonds. The second kappa shape index (κ2) is 31.2.